The first-order chi connectivity index (χ1) is 8.60. The van der Waals surface area contributed by atoms with E-state index in [9.17, 15) is 0 Å². The van der Waals surface area contributed by atoms with Gasteiger partial charge in [0.15, 0.2) is 0 Å². The first kappa shape index (κ1) is 13.8. The standard InChI is InChI=1S/C12H9Br3N2O/c1-18-8-2-3-9(14)11(5-8)17-12-10(15)4-7(13)6-16-12/h2-6H,1H3,(H,16,17). The summed E-state index contributed by atoms with van der Waals surface area (Å²) in [6.07, 6.45) is 1.74. The lowest BCUT2D eigenvalue weighted by Crippen LogP contribution is -1.96. The summed E-state index contributed by atoms with van der Waals surface area (Å²) in [5.74, 6) is 1.53. The van der Waals surface area contributed by atoms with Crippen LogP contribution >= 0.6 is 47.8 Å². The number of benzene rings is 1. The van der Waals surface area contributed by atoms with E-state index in [1.165, 1.54) is 0 Å². The number of pyridine rings is 1. The molecule has 0 aliphatic heterocycles. The molecule has 0 unspecified atom stereocenters. The molecule has 0 atom stereocenters. The highest BCUT2D eigenvalue weighted by molar-refractivity contribution is 9.11. The number of hydrogen-bond donors (Lipinski definition) is 1. The van der Waals surface area contributed by atoms with Gasteiger partial charge in [0, 0.05) is 21.2 Å². The van der Waals surface area contributed by atoms with Crippen LogP contribution in [0.4, 0.5) is 11.5 Å². The number of halogens is 3. The molecule has 0 bridgehead atoms. The van der Waals surface area contributed by atoms with E-state index in [-0.39, 0.29) is 0 Å². The highest BCUT2D eigenvalue weighted by Crippen LogP contribution is 2.32. The molecule has 0 aliphatic carbocycles. The first-order valence-corrected chi connectivity index (χ1v) is 7.39. The quantitative estimate of drug-likeness (QED) is 0.725. The Balaban J connectivity index is 2.33. The zero-order chi connectivity index (χ0) is 13.1. The summed E-state index contributed by atoms with van der Waals surface area (Å²) in [5, 5.41) is 3.24. The molecule has 3 nitrogen and oxygen atoms in total. The molecule has 1 aromatic carbocycles. The van der Waals surface area contributed by atoms with Crippen LogP contribution < -0.4 is 10.1 Å². The van der Waals surface area contributed by atoms with Gasteiger partial charge in [0.25, 0.3) is 0 Å². The van der Waals surface area contributed by atoms with Gasteiger partial charge >= 0.3 is 0 Å². The zero-order valence-corrected chi connectivity index (χ0v) is 14.1. The van der Waals surface area contributed by atoms with Crippen molar-refractivity contribution in [2.45, 2.75) is 0 Å². The predicted octanol–water partition coefficient (Wildman–Crippen LogP) is 5.12. The van der Waals surface area contributed by atoms with Crippen molar-refractivity contribution in [1.82, 2.24) is 4.98 Å². The van der Waals surface area contributed by atoms with Gasteiger partial charge in [-0.1, -0.05) is 0 Å². The predicted molar refractivity (Wildman–Crippen MR) is 83.6 cm³/mol. The van der Waals surface area contributed by atoms with E-state index in [1.54, 1.807) is 13.3 Å². The van der Waals surface area contributed by atoms with Crippen molar-refractivity contribution in [3.05, 3.63) is 43.9 Å². The van der Waals surface area contributed by atoms with Gasteiger partial charge < -0.3 is 10.1 Å². The summed E-state index contributed by atoms with van der Waals surface area (Å²) in [6.45, 7) is 0. The molecule has 0 amide bonds. The third-order valence-electron chi connectivity index (χ3n) is 2.23. The first-order valence-electron chi connectivity index (χ1n) is 5.02. The normalized spacial score (nSPS) is 10.2. The molecule has 18 heavy (non-hydrogen) atoms. The molecule has 0 saturated carbocycles. The molecule has 2 aromatic rings. The maximum absolute atomic E-state index is 5.20. The third-order valence-corrected chi connectivity index (χ3v) is 3.96. The van der Waals surface area contributed by atoms with Crippen LogP contribution in [0.15, 0.2) is 43.9 Å². The highest BCUT2D eigenvalue weighted by atomic mass is 79.9. The van der Waals surface area contributed by atoms with E-state index < -0.39 is 0 Å². The van der Waals surface area contributed by atoms with Gasteiger partial charge in [-0.2, -0.15) is 0 Å². The van der Waals surface area contributed by atoms with Crippen LogP contribution in [0.3, 0.4) is 0 Å². The van der Waals surface area contributed by atoms with Crippen LogP contribution in [0, 0.1) is 0 Å². The van der Waals surface area contributed by atoms with Crippen molar-refractivity contribution in [3.63, 3.8) is 0 Å². The smallest absolute Gasteiger partial charge is 0.144 e. The summed E-state index contributed by atoms with van der Waals surface area (Å²) in [5.41, 5.74) is 0.893. The number of anilines is 2. The highest BCUT2D eigenvalue weighted by Gasteiger charge is 2.06. The maximum Gasteiger partial charge on any atom is 0.144 e. The monoisotopic (exact) mass is 434 g/mol. The van der Waals surface area contributed by atoms with Gasteiger partial charge in [-0.15, -0.1) is 0 Å². The molecular formula is C12H9Br3N2O. The fourth-order valence-electron chi connectivity index (χ4n) is 1.36. The third kappa shape index (κ3) is 3.24. The van der Waals surface area contributed by atoms with Crippen LogP contribution in [0.5, 0.6) is 5.75 Å². The fraction of sp³-hybridized carbons (Fsp3) is 0.0833. The van der Waals surface area contributed by atoms with Gasteiger partial charge in [-0.25, -0.2) is 4.98 Å². The molecular weight excluding hydrogens is 428 g/mol. The van der Waals surface area contributed by atoms with E-state index in [0.717, 1.165) is 30.7 Å². The Morgan fingerprint density at radius 1 is 1.11 bits per heavy atom. The molecule has 0 spiro atoms. The summed E-state index contributed by atoms with van der Waals surface area (Å²) >= 11 is 10.3. The summed E-state index contributed by atoms with van der Waals surface area (Å²) in [6, 6.07) is 7.65. The van der Waals surface area contributed by atoms with Gasteiger partial charge in [-0.05, 0) is 66.0 Å². The zero-order valence-electron chi connectivity index (χ0n) is 9.38. The van der Waals surface area contributed by atoms with Gasteiger partial charge in [0.05, 0.1) is 17.3 Å². The number of nitrogens with zero attached hydrogens (tertiary/aromatic N) is 1. The molecule has 94 valence electrons. The Labute approximate surface area is 130 Å². The Hall–Kier alpha value is -0.590. The molecule has 0 fully saturated rings. The van der Waals surface area contributed by atoms with E-state index in [2.05, 4.69) is 58.1 Å². The molecule has 2 rings (SSSR count). The van der Waals surface area contributed by atoms with Crippen LogP contribution in [-0.2, 0) is 0 Å². The average molecular weight is 437 g/mol. The lowest BCUT2D eigenvalue weighted by Gasteiger charge is -2.11. The number of nitrogens with one attached hydrogen (secondary N) is 1. The summed E-state index contributed by atoms with van der Waals surface area (Å²) < 4.78 is 7.94. The molecule has 6 heteroatoms. The van der Waals surface area contributed by atoms with Gasteiger partial charge in [0.1, 0.15) is 11.6 Å². The van der Waals surface area contributed by atoms with Crippen LogP contribution in [0.2, 0.25) is 0 Å². The minimum absolute atomic E-state index is 0.743. The number of ether oxygens (including phenoxy) is 1. The van der Waals surface area contributed by atoms with Crippen LogP contribution in [-0.4, -0.2) is 12.1 Å². The van der Waals surface area contributed by atoms with Crippen molar-refractivity contribution in [1.29, 1.82) is 0 Å². The second-order valence-electron chi connectivity index (χ2n) is 3.45. The SMILES string of the molecule is COc1ccc(Br)c(Nc2ncc(Br)cc2Br)c1. The molecule has 0 aliphatic rings. The maximum atomic E-state index is 5.20. The van der Waals surface area contributed by atoms with E-state index in [0.29, 0.717) is 0 Å². The number of hydrogen-bond acceptors (Lipinski definition) is 3. The Morgan fingerprint density at radius 2 is 1.89 bits per heavy atom. The van der Waals surface area contributed by atoms with Gasteiger partial charge in [0.2, 0.25) is 0 Å². The topological polar surface area (TPSA) is 34.1 Å². The van der Waals surface area contributed by atoms with Crippen LogP contribution in [0.25, 0.3) is 0 Å². The summed E-state index contributed by atoms with van der Waals surface area (Å²) in [4.78, 5) is 4.30. The largest absolute Gasteiger partial charge is 0.497 e. The van der Waals surface area contributed by atoms with Crippen molar-refractivity contribution in [3.8, 4) is 5.75 Å². The van der Waals surface area contributed by atoms with E-state index in [1.807, 2.05) is 24.3 Å². The average Bonchev–Trinajstić information content (AvgIpc) is 2.35. The molecule has 1 heterocycles. The second-order valence-corrected chi connectivity index (χ2v) is 6.08. The van der Waals surface area contributed by atoms with Gasteiger partial charge in [-0.3, -0.25) is 0 Å². The van der Waals surface area contributed by atoms with Crippen molar-refractivity contribution >= 4 is 59.3 Å². The number of rotatable bonds is 3. The molecule has 0 saturated heterocycles. The Kier molecular flexibility index (Phi) is 4.64. The lowest BCUT2D eigenvalue weighted by atomic mass is 10.3. The van der Waals surface area contributed by atoms with E-state index >= 15 is 0 Å². The lowest BCUT2D eigenvalue weighted by molar-refractivity contribution is 0.415. The van der Waals surface area contributed by atoms with Crippen LogP contribution in [0.1, 0.15) is 0 Å². The number of aromatic nitrogens is 1. The number of methoxy groups -OCH3 is 1. The fourth-order valence-corrected chi connectivity index (χ4v) is 2.79. The van der Waals surface area contributed by atoms with E-state index in [4.69, 9.17) is 4.74 Å². The molecule has 1 N–H and O–H groups in total. The second kappa shape index (κ2) is 6.04. The van der Waals surface area contributed by atoms with Crippen molar-refractivity contribution in [2.24, 2.45) is 0 Å². The van der Waals surface area contributed by atoms with Crippen molar-refractivity contribution in [2.75, 3.05) is 12.4 Å². The minimum atomic E-state index is 0.743. The summed E-state index contributed by atoms with van der Waals surface area (Å²) in [7, 11) is 1.64. The molecule has 1 aromatic heterocycles. The Morgan fingerprint density at radius 3 is 2.56 bits per heavy atom. The molecule has 0 radical (unpaired) electrons. The van der Waals surface area contributed by atoms with Crippen molar-refractivity contribution < 1.29 is 4.74 Å². The Bertz CT molecular complexity index is 575. The minimum Gasteiger partial charge on any atom is -0.497 e.